The highest BCUT2D eigenvalue weighted by molar-refractivity contribution is 5.88. The summed E-state index contributed by atoms with van der Waals surface area (Å²) < 4.78 is 22.4. The Morgan fingerprint density at radius 2 is 1.66 bits per heavy atom. The van der Waals surface area contributed by atoms with Crippen molar-refractivity contribution in [2.45, 2.75) is 45.6 Å². The van der Waals surface area contributed by atoms with Gasteiger partial charge in [0, 0.05) is 11.8 Å². The minimum Gasteiger partial charge on any atom is -0.493 e. The molecule has 1 fully saturated rings. The monoisotopic (exact) mass is 437 g/mol. The van der Waals surface area contributed by atoms with Gasteiger partial charge in [0.1, 0.15) is 18.2 Å². The van der Waals surface area contributed by atoms with Crippen molar-refractivity contribution in [3.63, 3.8) is 0 Å². The number of aromatic nitrogens is 2. The van der Waals surface area contributed by atoms with Crippen LogP contribution in [0.5, 0.6) is 23.1 Å². The summed E-state index contributed by atoms with van der Waals surface area (Å²) in [5.41, 5.74) is 3.07. The van der Waals surface area contributed by atoms with Crippen molar-refractivity contribution in [2.75, 3.05) is 19.5 Å². The number of benzene rings is 2. The number of aryl methyl sites for hydroxylation is 2. The summed E-state index contributed by atoms with van der Waals surface area (Å²) in [7, 11) is 3.15. The third-order valence-corrected chi connectivity index (χ3v) is 5.65. The van der Waals surface area contributed by atoms with Crippen LogP contribution >= 0.6 is 0 Å². The van der Waals surface area contributed by atoms with Gasteiger partial charge in [-0.2, -0.15) is 0 Å². The van der Waals surface area contributed by atoms with Crippen LogP contribution in [0.3, 0.4) is 0 Å². The number of carbonyl (C=O) groups is 1. The van der Waals surface area contributed by atoms with Crippen molar-refractivity contribution in [1.29, 1.82) is 0 Å². The highest BCUT2D eigenvalue weighted by atomic mass is 16.6. The summed E-state index contributed by atoms with van der Waals surface area (Å²) in [6.07, 6.45) is 5.12. The quantitative estimate of drug-likeness (QED) is 0.541. The van der Waals surface area contributed by atoms with E-state index in [-0.39, 0.29) is 6.10 Å². The standard InChI is InChI=1S/C24H27N3O5/c1-14-10-20(15(2)9-18(14)27-24(28)31-16-7-5-6-8-16)32-23-17-11-21(29-3)22(30-4)12-19(17)25-13-26-23/h9-13,16H,5-8H2,1-4H3,(H,27,28). The van der Waals surface area contributed by atoms with Crippen molar-refractivity contribution < 1.29 is 23.7 Å². The molecule has 8 nitrogen and oxygen atoms in total. The van der Waals surface area contributed by atoms with Crippen LogP contribution < -0.4 is 19.5 Å². The first kappa shape index (κ1) is 21.7. The molecule has 1 heterocycles. The summed E-state index contributed by atoms with van der Waals surface area (Å²) >= 11 is 0. The van der Waals surface area contributed by atoms with Crippen LogP contribution in [0, 0.1) is 13.8 Å². The summed E-state index contributed by atoms with van der Waals surface area (Å²) in [6.45, 7) is 3.82. The zero-order valence-electron chi connectivity index (χ0n) is 18.7. The van der Waals surface area contributed by atoms with Crippen LogP contribution in [0.25, 0.3) is 10.9 Å². The predicted octanol–water partition coefficient (Wildman–Crippen LogP) is 5.55. The third-order valence-electron chi connectivity index (χ3n) is 5.65. The third kappa shape index (κ3) is 4.54. The van der Waals surface area contributed by atoms with Crippen LogP contribution in [-0.4, -0.2) is 36.4 Å². The molecule has 32 heavy (non-hydrogen) atoms. The van der Waals surface area contributed by atoms with Gasteiger partial charge >= 0.3 is 6.09 Å². The molecular weight excluding hydrogens is 410 g/mol. The molecule has 1 aliphatic carbocycles. The first-order valence-corrected chi connectivity index (χ1v) is 10.6. The van der Waals surface area contributed by atoms with Gasteiger partial charge in [0.05, 0.1) is 25.1 Å². The molecule has 0 aliphatic heterocycles. The van der Waals surface area contributed by atoms with Crippen molar-refractivity contribution in [3.8, 4) is 23.1 Å². The molecule has 3 aromatic rings. The maximum Gasteiger partial charge on any atom is 0.411 e. The van der Waals surface area contributed by atoms with Crippen molar-refractivity contribution in [2.24, 2.45) is 0 Å². The Morgan fingerprint density at radius 1 is 0.938 bits per heavy atom. The number of nitrogens with one attached hydrogen (secondary N) is 1. The number of anilines is 1. The number of carbonyl (C=O) groups excluding carboxylic acids is 1. The van der Waals surface area contributed by atoms with E-state index in [2.05, 4.69) is 15.3 Å². The molecule has 8 heteroatoms. The van der Waals surface area contributed by atoms with Crippen LogP contribution in [0.2, 0.25) is 0 Å². The van der Waals surface area contributed by atoms with E-state index in [0.717, 1.165) is 36.8 Å². The molecule has 1 aromatic heterocycles. The molecule has 0 spiro atoms. The topological polar surface area (TPSA) is 91.8 Å². The lowest BCUT2D eigenvalue weighted by Gasteiger charge is -2.16. The number of hydrogen-bond acceptors (Lipinski definition) is 7. The molecule has 0 saturated heterocycles. The van der Waals surface area contributed by atoms with Crippen LogP contribution in [0.1, 0.15) is 36.8 Å². The first-order valence-electron chi connectivity index (χ1n) is 10.6. The Balaban J connectivity index is 1.57. The summed E-state index contributed by atoms with van der Waals surface area (Å²) in [4.78, 5) is 20.9. The van der Waals surface area contributed by atoms with Crippen LogP contribution in [0.15, 0.2) is 30.6 Å². The molecule has 1 aliphatic rings. The highest BCUT2D eigenvalue weighted by Gasteiger charge is 2.20. The molecular formula is C24H27N3O5. The number of fused-ring (bicyclic) bond motifs is 1. The maximum atomic E-state index is 12.3. The summed E-state index contributed by atoms with van der Waals surface area (Å²) in [5.74, 6) is 2.18. The van der Waals surface area contributed by atoms with E-state index in [9.17, 15) is 4.79 Å². The van der Waals surface area contributed by atoms with Crippen LogP contribution in [0.4, 0.5) is 10.5 Å². The van der Waals surface area contributed by atoms with Gasteiger partial charge in [-0.15, -0.1) is 0 Å². The van der Waals surface area contributed by atoms with E-state index in [1.54, 1.807) is 26.4 Å². The molecule has 1 saturated carbocycles. The van der Waals surface area contributed by atoms with Crippen LogP contribution in [-0.2, 0) is 4.74 Å². The minimum atomic E-state index is -0.420. The normalized spacial score (nSPS) is 13.8. The largest absolute Gasteiger partial charge is 0.493 e. The lowest BCUT2D eigenvalue weighted by molar-refractivity contribution is 0.114. The molecule has 1 N–H and O–H groups in total. The molecule has 0 bridgehead atoms. The Morgan fingerprint density at radius 3 is 2.38 bits per heavy atom. The lowest BCUT2D eigenvalue weighted by atomic mass is 10.1. The molecule has 1 amide bonds. The highest BCUT2D eigenvalue weighted by Crippen LogP contribution is 2.37. The fraction of sp³-hybridized carbons (Fsp3) is 0.375. The Bertz CT molecular complexity index is 1140. The van der Waals surface area contributed by atoms with Gasteiger partial charge in [-0.1, -0.05) is 0 Å². The molecule has 4 rings (SSSR count). The van der Waals surface area contributed by atoms with E-state index in [4.69, 9.17) is 18.9 Å². The van der Waals surface area contributed by atoms with Gasteiger partial charge in [-0.05, 0) is 68.9 Å². The second-order valence-corrected chi connectivity index (χ2v) is 7.87. The lowest BCUT2D eigenvalue weighted by Crippen LogP contribution is -2.20. The molecule has 168 valence electrons. The average Bonchev–Trinajstić information content (AvgIpc) is 3.29. The number of rotatable bonds is 6. The zero-order chi connectivity index (χ0) is 22.7. The Labute approximate surface area is 186 Å². The van der Waals surface area contributed by atoms with Gasteiger partial charge in [0.15, 0.2) is 11.5 Å². The van der Waals surface area contributed by atoms with Gasteiger partial charge in [-0.3, -0.25) is 5.32 Å². The molecule has 2 aromatic carbocycles. The number of amides is 1. The smallest absolute Gasteiger partial charge is 0.411 e. The van der Waals surface area contributed by atoms with E-state index in [1.165, 1.54) is 6.33 Å². The average molecular weight is 437 g/mol. The fourth-order valence-electron chi connectivity index (χ4n) is 3.88. The predicted molar refractivity (Wildman–Crippen MR) is 121 cm³/mol. The van der Waals surface area contributed by atoms with Crippen molar-refractivity contribution >= 4 is 22.7 Å². The number of hydrogen-bond donors (Lipinski definition) is 1. The number of methoxy groups -OCH3 is 2. The van der Waals surface area contributed by atoms with Gasteiger partial charge in [-0.25, -0.2) is 14.8 Å². The maximum absolute atomic E-state index is 12.3. The van der Waals surface area contributed by atoms with Crippen molar-refractivity contribution in [1.82, 2.24) is 9.97 Å². The molecule has 0 atom stereocenters. The number of nitrogens with zero attached hydrogens (tertiary/aromatic N) is 2. The molecule has 0 unspecified atom stereocenters. The zero-order valence-corrected chi connectivity index (χ0v) is 18.7. The van der Waals surface area contributed by atoms with E-state index < -0.39 is 6.09 Å². The van der Waals surface area contributed by atoms with Gasteiger partial charge in [0.2, 0.25) is 5.88 Å². The second kappa shape index (κ2) is 9.30. The van der Waals surface area contributed by atoms with E-state index in [0.29, 0.717) is 39.7 Å². The SMILES string of the molecule is COc1cc2ncnc(Oc3cc(C)c(NC(=O)OC4CCCC4)cc3C)c2cc1OC. The number of ether oxygens (including phenoxy) is 4. The van der Waals surface area contributed by atoms with Gasteiger partial charge in [0.25, 0.3) is 0 Å². The van der Waals surface area contributed by atoms with Gasteiger partial charge < -0.3 is 18.9 Å². The minimum absolute atomic E-state index is 0.0145. The van der Waals surface area contributed by atoms with E-state index >= 15 is 0 Å². The van der Waals surface area contributed by atoms with Crippen molar-refractivity contribution in [3.05, 3.63) is 41.7 Å². The molecule has 0 radical (unpaired) electrons. The van der Waals surface area contributed by atoms with E-state index in [1.807, 2.05) is 26.0 Å². The Kier molecular flexibility index (Phi) is 6.30. The second-order valence-electron chi connectivity index (χ2n) is 7.87. The first-order chi connectivity index (χ1) is 15.5. The fourth-order valence-corrected chi connectivity index (χ4v) is 3.88. The summed E-state index contributed by atoms with van der Waals surface area (Å²) in [5, 5.41) is 3.55. The Hall–Kier alpha value is -3.55. The summed E-state index contributed by atoms with van der Waals surface area (Å²) in [6, 6.07) is 7.31.